The fourth-order valence-corrected chi connectivity index (χ4v) is 2.27. The molecule has 166 valence electrons. The molecule has 0 atom stereocenters. The lowest BCUT2D eigenvalue weighted by Gasteiger charge is -2.52. The molecule has 0 amide bonds. The van der Waals surface area contributed by atoms with Crippen molar-refractivity contribution < 1.29 is 72.5 Å². The van der Waals surface area contributed by atoms with E-state index in [1.165, 1.54) is 0 Å². The Morgan fingerprint density at radius 1 is 0.821 bits per heavy atom. The van der Waals surface area contributed by atoms with E-state index in [1.807, 2.05) is 0 Å². The van der Waals surface area contributed by atoms with Gasteiger partial charge in [0.05, 0.1) is 12.0 Å². The molecule has 1 saturated carbocycles. The van der Waals surface area contributed by atoms with Gasteiger partial charge in [0, 0.05) is 0 Å². The molecule has 17 heteroatoms. The van der Waals surface area contributed by atoms with Gasteiger partial charge in [-0.15, -0.1) is 4.33 Å². The number of hydrogen-bond donors (Lipinski definition) is 1. The van der Waals surface area contributed by atoms with E-state index in [2.05, 4.69) is 14.1 Å². The van der Waals surface area contributed by atoms with Crippen molar-refractivity contribution in [2.75, 3.05) is 6.61 Å². The van der Waals surface area contributed by atoms with Gasteiger partial charge in [-0.3, -0.25) is 4.79 Å². The molecule has 1 aliphatic carbocycles. The number of esters is 1. The van der Waals surface area contributed by atoms with Crippen LogP contribution in [0.25, 0.3) is 0 Å². The average molecular weight is 462 g/mol. The molecule has 0 heterocycles. The summed E-state index contributed by atoms with van der Waals surface area (Å²) in [6.45, 7) is -1.63. The minimum Gasteiger partial charge on any atom is -0.461 e. The molecule has 0 unspecified atom stereocenters. The smallest absolute Gasteiger partial charge is 0.384 e. The van der Waals surface area contributed by atoms with E-state index in [1.54, 1.807) is 0 Å². The molecule has 0 aromatic heterocycles. The predicted octanol–water partition coefficient (Wildman–Crippen LogP) is 4.28. The number of alkyl halides is 11. The Balaban J connectivity index is 3.37. The SMILES string of the molecule is CC(C)(SOOO)C(=O)OCC1(F)C(F)(F)C(F)(F)C(F)(F)C(F)(F)C1(F)F. The minimum absolute atomic E-state index is 0.189. The summed E-state index contributed by atoms with van der Waals surface area (Å²) in [5, 5.41) is 10.9. The zero-order valence-electron chi connectivity index (χ0n) is 13.4. The number of halogens is 11. The monoisotopic (exact) mass is 462 g/mol. The van der Waals surface area contributed by atoms with E-state index < -0.39 is 52.6 Å². The van der Waals surface area contributed by atoms with Gasteiger partial charge in [0.2, 0.25) is 0 Å². The molecule has 0 bridgehead atoms. The van der Waals surface area contributed by atoms with Crippen molar-refractivity contribution in [1.29, 1.82) is 0 Å². The van der Waals surface area contributed by atoms with Gasteiger partial charge in [0.15, 0.2) is 0 Å². The minimum atomic E-state index is -7.35. The maximum atomic E-state index is 14.3. The van der Waals surface area contributed by atoms with Crippen LogP contribution in [0.1, 0.15) is 13.8 Å². The van der Waals surface area contributed by atoms with Crippen LogP contribution in [0, 0.1) is 0 Å². The summed E-state index contributed by atoms with van der Waals surface area (Å²) in [6, 6.07) is 0. The number of carbonyl (C=O) groups excluding carboxylic acids is 1. The Labute approximate surface area is 152 Å². The number of rotatable bonds is 6. The molecule has 5 nitrogen and oxygen atoms in total. The van der Waals surface area contributed by atoms with Crippen LogP contribution in [-0.4, -0.2) is 57.9 Å². The summed E-state index contributed by atoms with van der Waals surface area (Å²) in [5.41, 5.74) is -6.43. The third-order valence-corrected chi connectivity index (χ3v) is 4.45. The topological polar surface area (TPSA) is 65.0 Å². The Kier molecular flexibility index (Phi) is 6.00. The maximum absolute atomic E-state index is 14.3. The number of ether oxygens (including phenoxy) is 1. The van der Waals surface area contributed by atoms with Gasteiger partial charge in [-0.1, -0.05) is 5.04 Å². The highest BCUT2D eigenvalue weighted by Gasteiger charge is 3.01. The molecular weight excluding hydrogens is 453 g/mol. The first-order valence-corrected chi connectivity index (χ1v) is 7.34. The van der Waals surface area contributed by atoms with Crippen molar-refractivity contribution in [2.45, 2.75) is 53.9 Å². The number of hydrogen-bond acceptors (Lipinski definition) is 6. The third-order valence-electron chi connectivity index (χ3n) is 3.74. The molecule has 0 radical (unpaired) electrons. The van der Waals surface area contributed by atoms with E-state index in [-0.39, 0.29) is 12.0 Å². The quantitative estimate of drug-likeness (QED) is 0.209. The molecular formula is C11H9F11O5S. The van der Waals surface area contributed by atoms with Gasteiger partial charge < -0.3 is 4.74 Å². The van der Waals surface area contributed by atoms with Gasteiger partial charge in [-0.2, -0.15) is 43.9 Å². The van der Waals surface area contributed by atoms with Crippen LogP contribution in [0.3, 0.4) is 0 Å². The summed E-state index contributed by atoms with van der Waals surface area (Å²) in [6.07, 6.45) is 0. The summed E-state index contributed by atoms with van der Waals surface area (Å²) < 4.78 is 153. The van der Waals surface area contributed by atoms with Crippen molar-refractivity contribution in [2.24, 2.45) is 0 Å². The van der Waals surface area contributed by atoms with Crippen molar-refractivity contribution in [3.8, 4) is 0 Å². The molecule has 28 heavy (non-hydrogen) atoms. The van der Waals surface area contributed by atoms with E-state index in [4.69, 9.17) is 5.26 Å². The standard InChI is InChI=1S/C11H9F11O5S/c1-5(2,28-27-26-24)4(23)25-3-6(12)7(13,14)9(17,18)11(21,22)10(19,20)8(6,15)16/h24H,3H2,1-2H3. The molecule has 1 fully saturated rings. The molecule has 0 aromatic rings. The summed E-state index contributed by atoms with van der Waals surface area (Å²) in [7, 11) is 0. The van der Waals surface area contributed by atoms with Crippen molar-refractivity contribution in [3.63, 3.8) is 0 Å². The summed E-state index contributed by atoms with van der Waals surface area (Å²) in [4.78, 5) is 11.6. The fraction of sp³-hybridized carbons (Fsp3) is 0.909. The van der Waals surface area contributed by atoms with Crippen LogP contribution in [0.4, 0.5) is 48.3 Å². The summed E-state index contributed by atoms with van der Waals surface area (Å²) in [5.74, 6) is -38.1. The highest BCUT2D eigenvalue weighted by atomic mass is 32.2. The van der Waals surface area contributed by atoms with Crippen LogP contribution >= 0.6 is 12.0 Å². The lowest BCUT2D eigenvalue weighted by atomic mass is 9.72. The highest BCUT2D eigenvalue weighted by molar-refractivity contribution is 7.96. The van der Waals surface area contributed by atoms with E-state index in [0.717, 1.165) is 13.8 Å². The van der Waals surface area contributed by atoms with Crippen molar-refractivity contribution in [1.82, 2.24) is 0 Å². The zero-order chi connectivity index (χ0) is 22.6. The van der Waals surface area contributed by atoms with Crippen LogP contribution in [-0.2, 0) is 18.9 Å². The zero-order valence-corrected chi connectivity index (χ0v) is 14.2. The van der Waals surface area contributed by atoms with Crippen LogP contribution in [0.5, 0.6) is 0 Å². The third kappa shape index (κ3) is 2.92. The summed E-state index contributed by atoms with van der Waals surface area (Å²) >= 11 is -0.189. The molecule has 0 spiro atoms. The first-order valence-electron chi connectivity index (χ1n) is 6.60. The number of carbonyl (C=O) groups is 1. The second-order valence-corrected chi connectivity index (χ2v) is 7.31. The Hall–Kier alpha value is -1.07. The highest BCUT2D eigenvalue weighted by Crippen LogP contribution is 2.69. The van der Waals surface area contributed by atoms with Crippen molar-refractivity contribution >= 4 is 18.0 Å². The van der Waals surface area contributed by atoms with Crippen LogP contribution in [0.15, 0.2) is 0 Å². The lowest BCUT2D eigenvalue weighted by molar-refractivity contribution is -0.487. The van der Waals surface area contributed by atoms with E-state index >= 15 is 0 Å². The van der Waals surface area contributed by atoms with Crippen molar-refractivity contribution in [3.05, 3.63) is 0 Å². The van der Waals surface area contributed by atoms with Crippen LogP contribution < -0.4 is 0 Å². The average Bonchev–Trinajstić information content (AvgIpc) is 2.55. The normalized spacial score (nSPS) is 26.5. The fourth-order valence-electron chi connectivity index (χ4n) is 1.94. The van der Waals surface area contributed by atoms with Gasteiger partial charge in [0.25, 0.3) is 5.67 Å². The lowest BCUT2D eigenvalue weighted by Crippen LogP contribution is -2.84. The molecule has 0 saturated heterocycles. The second kappa shape index (κ2) is 6.73. The Morgan fingerprint density at radius 3 is 1.54 bits per heavy atom. The molecule has 1 rings (SSSR count). The van der Waals surface area contributed by atoms with Crippen LogP contribution in [0.2, 0.25) is 0 Å². The Bertz CT molecular complexity index is 594. The maximum Gasteiger partial charge on any atom is 0.384 e. The second-order valence-electron chi connectivity index (χ2n) is 5.99. The van der Waals surface area contributed by atoms with E-state index in [9.17, 15) is 53.1 Å². The molecule has 1 aliphatic rings. The predicted molar refractivity (Wildman–Crippen MR) is 66.0 cm³/mol. The van der Waals surface area contributed by atoms with Gasteiger partial charge in [-0.25, -0.2) is 9.65 Å². The largest absolute Gasteiger partial charge is 0.461 e. The van der Waals surface area contributed by atoms with Gasteiger partial charge >= 0.3 is 35.6 Å². The first-order chi connectivity index (χ1) is 12.2. The van der Waals surface area contributed by atoms with Gasteiger partial charge in [-0.05, 0) is 13.8 Å². The first kappa shape index (κ1) is 25.0. The Morgan fingerprint density at radius 2 is 1.18 bits per heavy atom. The molecule has 0 aromatic carbocycles. The van der Waals surface area contributed by atoms with Gasteiger partial charge in [0.1, 0.15) is 11.4 Å². The molecule has 0 aliphatic heterocycles. The molecule has 1 N–H and O–H groups in total. The van der Waals surface area contributed by atoms with E-state index in [0.29, 0.717) is 0 Å².